The van der Waals surface area contributed by atoms with Gasteiger partial charge in [0, 0.05) is 51.7 Å². The van der Waals surface area contributed by atoms with Crippen LogP contribution in [0.4, 0.5) is 5.95 Å². The normalized spacial score (nSPS) is 14.5. The fourth-order valence-electron chi connectivity index (χ4n) is 4.24. The van der Waals surface area contributed by atoms with Gasteiger partial charge in [-0.15, -0.1) is 5.10 Å². The van der Waals surface area contributed by atoms with E-state index in [1.165, 1.54) is 18.0 Å². The van der Waals surface area contributed by atoms with Gasteiger partial charge in [0.05, 0.1) is 23.0 Å². The van der Waals surface area contributed by atoms with Crippen LogP contribution in [0.25, 0.3) is 16.7 Å². The number of aromatic carboxylic acids is 1. The van der Waals surface area contributed by atoms with Crippen LogP contribution < -0.4 is 10.3 Å². The first-order valence-corrected chi connectivity index (χ1v) is 11.5. The van der Waals surface area contributed by atoms with Gasteiger partial charge >= 0.3 is 5.97 Å². The molecule has 4 heterocycles. The topological polar surface area (TPSA) is 122 Å². The molecular weight excluding hydrogens is 448 g/mol. The van der Waals surface area contributed by atoms with Crippen LogP contribution in [0.5, 0.6) is 0 Å². The molecule has 1 aliphatic rings. The highest BCUT2D eigenvalue weighted by molar-refractivity contribution is 5.91. The highest BCUT2D eigenvalue weighted by Gasteiger charge is 2.22. The Labute approximate surface area is 201 Å². The third kappa shape index (κ3) is 4.50. The molecule has 1 aromatic carbocycles. The monoisotopic (exact) mass is 474 g/mol. The number of rotatable bonds is 6. The maximum Gasteiger partial charge on any atom is 0.341 e. The number of benzene rings is 1. The summed E-state index contributed by atoms with van der Waals surface area (Å²) in [6, 6.07) is 8.15. The van der Waals surface area contributed by atoms with Crippen molar-refractivity contribution < 1.29 is 9.90 Å². The number of pyridine rings is 1. The fraction of sp³-hybridized carbons (Fsp3) is 0.333. The van der Waals surface area contributed by atoms with E-state index in [-0.39, 0.29) is 10.9 Å². The number of aryl methyl sites for hydroxylation is 2. The van der Waals surface area contributed by atoms with E-state index in [1.807, 2.05) is 25.3 Å². The van der Waals surface area contributed by atoms with Crippen molar-refractivity contribution in [2.75, 3.05) is 31.1 Å². The van der Waals surface area contributed by atoms with Crippen molar-refractivity contribution >= 4 is 23.0 Å². The Morgan fingerprint density at radius 1 is 1.09 bits per heavy atom. The number of carboxylic acids is 1. The molecule has 0 amide bonds. The number of carbonyl (C=O) groups is 1. The summed E-state index contributed by atoms with van der Waals surface area (Å²) in [6.07, 6.45) is 4.75. The standard InChI is InChI=1S/C24H26N8O3/c1-3-30-15-20(23(34)35)21(33)19-12-25-24(26-22(19)30)31-10-8-29(9-11-31)13-17-14-32(28-27-17)18-6-4-16(2)5-7-18/h4-7,12,14-15H,3,8-11,13H2,1-2H3,(H,34,35). The second-order valence-electron chi connectivity index (χ2n) is 8.62. The van der Waals surface area contributed by atoms with Gasteiger partial charge in [-0.2, -0.15) is 4.98 Å². The molecule has 1 fully saturated rings. The molecule has 0 unspecified atom stereocenters. The summed E-state index contributed by atoms with van der Waals surface area (Å²) >= 11 is 0. The van der Waals surface area contributed by atoms with Crippen LogP contribution in [0.3, 0.4) is 0 Å². The third-order valence-corrected chi connectivity index (χ3v) is 6.25. The van der Waals surface area contributed by atoms with Crippen LogP contribution in [0.15, 0.2) is 47.7 Å². The summed E-state index contributed by atoms with van der Waals surface area (Å²) < 4.78 is 3.47. The lowest BCUT2D eigenvalue weighted by Gasteiger charge is -2.34. The third-order valence-electron chi connectivity index (χ3n) is 6.25. The summed E-state index contributed by atoms with van der Waals surface area (Å²) in [7, 11) is 0. The Bertz CT molecular complexity index is 1440. The van der Waals surface area contributed by atoms with Crippen LogP contribution in [-0.4, -0.2) is 71.7 Å². The molecule has 0 atom stereocenters. The SMILES string of the molecule is CCn1cc(C(=O)O)c(=O)c2cnc(N3CCN(Cc4cn(-c5ccc(C)cc5)nn4)CC3)nc21. The Morgan fingerprint density at radius 3 is 2.51 bits per heavy atom. The lowest BCUT2D eigenvalue weighted by Crippen LogP contribution is -2.46. The van der Waals surface area contributed by atoms with Gasteiger partial charge in [-0.05, 0) is 26.0 Å². The smallest absolute Gasteiger partial charge is 0.341 e. The number of piperazine rings is 1. The second-order valence-corrected chi connectivity index (χ2v) is 8.62. The summed E-state index contributed by atoms with van der Waals surface area (Å²) in [5.41, 5.74) is 2.69. The first-order chi connectivity index (χ1) is 16.9. The molecule has 1 N–H and O–H groups in total. The zero-order valence-corrected chi connectivity index (χ0v) is 19.6. The van der Waals surface area contributed by atoms with E-state index < -0.39 is 11.4 Å². The molecule has 5 rings (SSSR count). The molecule has 1 saturated heterocycles. The first kappa shape index (κ1) is 22.7. The van der Waals surface area contributed by atoms with Crippen molar-refractivity contribution in [3.05, 3.63) is 69.9 Å². The van der Waals surface area contributed by atoms with E-state index in [0.29, 0.717) is 24.7 Å². The van der Waals surface area contributed by atoms with Crippen LogP contribution >= 0.6 is 0 Å². The Kier molecular flexibility index (Phi) is 6.00. The van der Waals surface area contributed by atoms with E-state index in [9.17, 15) is 14.7 Å². The number of fused-ring (bicyclic) bond motifs is 1. The van der Waals surface area contributed by atoms with Gasteiger partial charge in [0.2, 0.25) is 11.4 Å². The van der Waals surface area contributed by atoms with Gasteiger partial charge in [0.1, 0.15) is 11.2 Å². The molecule has 0 bridgehead atoms. The minimum atomic E-state index is -1.25. The minimum Gasteiger partial charge on any atom is -0.477 e. The maximum atomic E-state index is 12.5. The van der Waals surface area contributed by atoms with E-state index in [0.717, 1.165) is 37.6 Å². The zero-order chi connectivity index (χ0) is 24.5. The number of hydrogen-bond acceptors (Lipinski definition) is 8. The Hall–Kier alpha value is -4.12. The molecule has 180 valence electrons. The van der Waals surface area contributed by atoms with Gasteiger partial charge in [0.25, 0.3) is 0 Å². The molecule has 0 aliphatic carbocycles. The lowest BCUT2D eigenvalue weighted by molar-refractivity contribution is 0.0695. The fourth-order valence-corrected chi connectivity index (χ4v) is 4.24. The lowest BCUT2D eigenvalue weighted by atomic mass is 10.2. The van der Waals surface area contributed by atoms with Crippen molar-refractivity contribution in [1.29, 1.82) is 0 Å². The van der Waals surface area contributed by atoms with E-state index >= 15 is 0 Å². The van der Waals surface area contributed by atoms with Crippen molar-refractivity contribution in [3.8, 4) is 5.69 Å². The molecule has 0 radical (unpaired) electrons. The van der Waals surface area contributed by atoms with Crippen molar-refractivity contribution in [2.24, 2.45) is 0 Å². The summed E-state index contributed by atoms with van der Waals surface area (Å²) in [5, 5.41) is 18.1. The Balaban J connectivity index is 1.28. The predicted molar refractivity (Wildman–Crippen MR) is 130 cm³/mol. The molecule has 0 saturated carbocycles. The largest absolute Gasteiger partial charge is 0.477 e. The maximum absolute atomic E-state index is 12.5. The first-order valence-electron chi connectivity index (χ1n) is 11.5. The number of carboxylic acid groups (broad SMARTS) is 1. The summed E-state index contributed by atoms with van der Waals surface area (Å²) in [4.78, 5) is 37.4. The van der Waals surface area contributed by atoms with Crippen LogP contribution in [0.2, 0.25) is 0 Å². The van der Waals surface area contributed by atoms with E-state index in [4.69, 9.17) is 0 Å². The summed E-state index contributed by atoms with van der Waals surface area (Å²) in [5.74, 6) is -0.717. The van der Waals surface area contributed by atoms with Crippen LogP contribution in [-0.2, 0) is 13.1 Å². The van der Waals surface area contributed by atoms with Crippen molar-refractivity contribution in [1.82, 2.24) is 34.4 Å². The van der Waals surface area contributed by atoms with Crippen molar-refractivity contribution in [2.45, 2.75) is 26.9 Å². The molecule has 1 aliphatic heterocycles. The minimum absolute atomic E-state index is 0.214. The average molecular weight is 475 g/mol. The number of nitrogens with zero attached hydrogens (tertiary/aromatic N) is 8. The van der Waals surface area contributed by atoms with E-state index in [2.05, 4.69) is 49.1 Å². The average Bonchev–Trinajstić information content (AvgIpc) is 3.33. The quantitative estimate of drug-likeness (QED) is 0.445. The number of anilines is 1. The highest BCUT2D eigenvalue weighted by atomic mass is 16.4. The Morgan fingerprint density at radius 2 is 1.83 bits per heavy atom. The second kappa shape index (κ2) is 9.26. The van der Waals surface area contributed by atoms with Gasteiger partial charge in [-0.3, -0.25) is 9.69 Å². The van der Waals surface area contributed by atoms with Gasteiger partial charge in [-0.1, -0.05) is 22.9 Å². The van der Waals surface area contributed by atoms with Gasteiger partial charge in [-0.25, -0.2) is 14.5 Å². The molecule has 0 spiro atoms. The van der Waals surface area contributed by atoms with E-state index in [1.54, 1.807) is 9.25 Å². The molecular formula is C24H26N8O3. The van der Waals surface area contributed by atoms with Crippen molar-refractivity contribution in [3.63, 3.8) is 0 Å². The number of aromatic nitrogens is 6. The van der Waals surface area contributed by atoms with Crippen LogP contribution in [0.1, 0.15) is 28.5 Å². The molecule has 11 heteroatoms. The van der Waals surface area contributed by atoms with Gasteiger partial charge < -0.3 is 14.6 Å². The molecule has 35 heavy (non-hydrogen) atoms. The summed E-state index contributed by atoms with van der Waals surface area (Å²) in [6.45, 7) is 8.18. The predicted octanol–water partition coefficient (Wildman–Crippen LogP) is 1.72. The number of hydrogen-bond donors (Lipinski definition) is 1. The molecule has 4 aromatic rings. The van der Waals surface area contributed by atoms with Gasteiger partial charge in [0.15, 0.2) is 0 Å². The molecule has 11 nitrogen and oxygen atoms in total. The van der Waals surface area contributed by atoms with Crippen LogP contribution in [0, 0.1) is 6.92 Å². The zero-order valence-electron chi connectivity index (χ0n) is 19.6. The highest BCUT2D eigenvalue weighted by Crippen LogP contribution is 2.17. The molecule has 3 aromatic heterocycles.